The van der Waals surface area contributed by atoms with Crippen molar-refractivity contribution in [3.05, 3.63) is 30.0 Å². The second kappa shape index (κ2) is 3.54. The van der Waals surface area contributed by atoms with Crippen LogP contribution in [0.5, 0.6) is 5.75 Å². The molecular weight excluding hydrogens is 178 g/mol. The van der Waals surface area contributed by atoms with E-state index in [0.717, 1.165) is 28.6 Å². The summed E-state index contributed by atoms with van der Waals surface area (Å²) in [6.07, 6.45) is 1.32. The highest BCUT2D eigenvalue weighted by molar-refractivity contribution is 5.82. The molecule has 2 rings (SSSR count). The first-order chi connectivity index (χ1) is 6.83. The van der Waals surface area contributed by atoms with Crippen LogP contribution in [-0.2, 0) is 11.2 Å². The van der Waals surface area contributed by atoms with Gasteiger partial charge >= 0.3 is 0 Å². The summed E-state index contributed by atoms with van der Waals surface area (Å²) in [5.41, 5.74) is 1.96. The standard InChI is InChI=1S/C11H11NO2/c1-14-10-2-3-11-8(7-10)6-9(12-11)4-5-13/h2-3,5-7,12H,4H2,1H3. The Morgan fingerprint density at radius 2 is 2.29 bits per heavy atom. The lowest BCUT2D eigenvalue weighted by atomic mass is 10.2. The molecule has 0 saturated carbocycles. The van der Waals surface area contributed by atoms with Gasteiger partial charge in [-0.25, -0.2) is 0 Å². The Labute approximate surface area is 81.7 Å². The van der Waals surface area contributed by atoms with E-state index in [1.54, 1.807) is 7.11 Å². The highest BCUT2D eigenvalue weighted by Crippen LogP contribution is 2.21. The normalized spacial score (nSPS) is 10.4. The third kappa shape index (κ3) is 1.48. The number of ether oxygens (including phenoxy) is 1. The van der Waals surface area contributed by atoms with Crippen molar-refractivity contribution in [2.24, 2.45) is 0 Å². The third-order valence-electron chi connectivity index (χ3n) is 2.19. The second-order valence-electron chi connectivity index (χ2n) is 3.12. The van der Waals surface area contributed by atoms with Crippen LogP contribution in [0.1, 0.15) is 5.69 Å². The van der Waals surface area contributed by atoms with Gasteiger partial charge in [-0.2, -0.15) is 0 Å². The van der Waals surface area contributed by atoms with Crippen molar-refractivity contribution in [2.75, 3.05) is 7.11 Å². The van der Waals surface area contributed by atoms with Gasteiger partial charge in [0.2, 0.25) is 0 Å². The SMILES string of the molecule is COc1ccc2[nH]c(CC=O)cc2c1. The number of methoxy groups -OCH3 is 1. The van der Waals surface area contributed by atoms with E-state index >= 15 is 0 Å². The molecule has 0 atom stereocenters. The predicted molar refractivity (Wildman–Crippen MR) is 54.6 cm³/mol. The molecule has 0 aliphatic carbocycles. The molecule has 0 saturated heterocycles. The highest BCUT2D eigenvalue weighted by Gasteiger charge is 2.01. The summed E-state index contributed by atoms with van der Waals surface area (Å²) in [5, 5.41) is 1.07. The Kier molecular flexibility index (Phi) is 2.23. The van der Waals surface area contributed by atoms with Gasteiger partial charge in [0.15, 0.2) is 0 Å². The molecule has 1 N–H and O–H groups in total. The van der Waals surface area contributed by atoms with Gasteiger partial charge in [-0.05, 0) is 24.3 Å². The van der Waals surface area contributed by atoms with Crippen molar-refractivity contribution in [2.45, 2.75) is 6.42 Å². The molecule has 14 heavy (non-hydrogen) atoms. The van der Waals surface area contributed by atoms with Crippen LogP contribution in [0.15, 0.2) is 24.3 Å². The predicted octanol–water partition coefficient (Wildman–Crippen LogP) is 1.92. The van der Waals surface area contributed by atoms with Crippen molar-refractivity contribution >= 4 is 17.2 Å². The third-order valence-corrected chi connectivity index (χ3v) is 2.19. The Morgan fingerprint density at radius 1 is 1.43 bits per heavy atom. The molecule has 0 aliphatic rings. The monoisotopic (exact) mass is 189 g/mol. The maximum Gasteiger partial charge on any atom is 0.125 e. The van der Waals surface area contributed by atoms with Crippen molar-refractivity contribution < 1.29 is 9.53 Å². The maximum absolute atomic E-state index is 10.3. The molecule has 0 spiro atoms. The minimum atomic E-state index is 0.428. The largest absolute Gasteiger partial charge is 0.497 e. The Morgan fingerprint density at radius 3 is 3.00 bits per heavy atom. The maximum atomic E-state index is 10.3. The van der Waals surface area contributed by atoms with Gasteiger partial charge in [0.25, 0.3) is 0 Å². The molecule has 0 unspecified atom stereocenters. The molecule has 72 valence electrons. The lowest BCUT2D eigenvalue weighted by Gasteiger charge is -1.97. The molecule has 0 amide bonds. The van der Waals surface area contributed by atoms with Crippen LogP contribution in [0.25, 0.3) is 10.9 Å². The Hall–Kier alpha value is -1.77. The summed E-state index contributed by atoms with van der Waals surface area (Å²) in [5.74, 6) is 0.828. The van der Waals surface area contributed by atoms with E-state index in [4.69, 9.17) is 4.74 Å². The van der Waals surface area contributed by atoms with Crippen molar-refractivity contribution in [1.82, 2.24) is 4.98 Å². The van der Waals surface area contributed by atoms with E-state index in [1.165, 1.54) is 0 Å². The summed E-state index contributed by atoms with van der Waals surface area (Å²) in [6, 6.07) is 7.75. The van der Waals surface area contributed by atoms with E-state index in [9.17, 15) is 4.79 Å². The quantitative estimate of drug-likeness (QED) is 0.749. The fraction of sp³-hybridized carbons (Fsp3) is 0.182. The number of carbonyl (C=O) groups excluding carboxylic acids is 1. The number of hydrogen-bond acceptors (Lipinski definition) is 2. The van der Waals surface area contributed by atoms with Gasteiger partial charge in [0.05, 0.1) is 7.11 Å². The summed E-state index contributed by atoms with van der Waals surface area (Å²) >= 11 is 0. The molecule has 0 fully saturated rings. The number of rotatable bonds is 3. The minimum absolute atomic E-state index is 0.428. The van der Waals surface area contributed by atoms with E-state index in [2.05, 4.69) is 4.98 Å². The van der Waals surface area contributed by atoms with Crippen LogP contribution in [0.3, 0.4) is 0 Å². The lowest BCUT2D eigenvalue weighted by molar-refractivity contribution is -0.107. The average molecular weight is 189 g/mol. The van der Waals surface area contributed by atoms with Crippen LogP contribution >= 0.6 is 0 Å². The lowest BCUT2D eigenvalue weighted by Crippen LogP contribution is -1.83. The number of hydrogen-bond donors (Lipinski definition) is 1. The number of aldehydes is 1. The molecule has 0 bridgehead atoms. The van der Waals surface area contributed by atoms with E-state index in [1.807, 2.05) is 24.3 Å². The molecule has 0 aliphatic heterocycles. The zero-order chi connectivity index (χ0) is 9.97. The van der Waals surface area contributed by atoms with Crippen LogP contribution < -0.4 is 4.74 Å². The number of fused-ring (bicyclic) bond motifs is 1. The van der Waals surface area contributed by atoms with Crippen molar-refractivity contribution in [3.8, 4) is 5.75 Å². The summed E-state index contributed by atoms with van der Waals surface area (Å²) in [4.78, 5) is 13.5. The molecule has 3 nitrogen and oxygen atoms in total. The van der Waals surface area contributed by atoms with Gasteiger partial charge < -0.3 is 14.5 Å². The molecular formula is C11H11NO2. The first kappa shape index (κ1) is 8.81. The molecule has 1 aromatic heterocycles. The Balaban J connectivity index is 2.48. The van der Waals surface area contributed by atoms with E-state index in [0.29, 0.717) is 6.42 Å². The van der Waals surface area contributed by atoms with Gasteiger partial charge in [-0.1, -0.05) is 0 Å². The minimum Gasteiger partial charge on any atom is -0.497 e. The van der Waals surface area contributed by atoms with Gasteiger partial charge in [0, 0.05) is 23.0 Å². The first-order valence-corrected chi connectivity index (χ1v) is 4.43. The Bertz CT molecular complexity index is 459. The first-order valence-electron chi connectivity index (χ1n) is 4.43. The number of carbonyl (C=O) groups is 1. The van der Waals surface area contributed by atoms with Gasteiger partial charge in [0.1, 0.15) is 12.0 Å². The molecule has 1 heterocycles. The molecule has 2 aromatic rings. The molecule has 3 heteroatoms. The zero-order valence-corrected chi connectivity index (χ0v) is 7.91. The smallest absolute Gasteiger partial charge is 0.125 e. The molecule has 0 radical (unpaired) electrons. The van der Waals surface area contributed by atoms with E-state index in [-0.39, 0.29) is 0 Å². The fourth-order valence-electron chi connectivity index (χ4n) is 1.50. The second-order valence-corrected chi connectivity index (χ2v) is 3.12. The fourth-order valence-corrected chi connectivity index (χ4v) is 1.50. The van der Waals surface area contributed by atoms with Crippen LogP contribution in [0, 0.1) is 0 Å². The average Bonchev–Trinajstić information content (AvgIpc) is 2.59. The van der Waals surface area contributed by atoms with Crippen LogP contribution in [-0.4, -0.2) is 18.4 Å². The summed E-state index contributed by atoms with van der Waals surface area (Å²) < 4.78 is 5.11. The van der Waals surface area contributed by atoms with Crippen LogP contribution in [0.4, 0.5) is 0 Å². The van der Waals surface area contributed by atoms with Gasteiger partial charge in [-0.15, -0.1) is 0 Å². The van der Waals surface area contributed by atoms with E-state index < -0.39 is 0 Å². The topological polar surface area (TPSA) is 42.1 Å². The zero-order valence-electron chi connectivity index (χ0n) is 7.91. The molecule has 1 aromatic carbocycles. The highest BCUT2D eigenvalue weighted by atomic mass is 16.5. The van der Waals surface area contributed by atoms with Crippen molar-refractivity contribution in [3.63, 3.8) is 0 Å². The number of aromatic nitrogens is 1. The van der Waals surface area contributed by atoms with Crippen LogP contribution in [0.2, 0.25) is 0 Å². The summed E-state index contributed by atoms with van der Waals surface area (Å²) in [6.45, 7) is 0. The number of H-pyrrole nitrogens is 1. The number of nitrogens with one attached hydrogen (secondary N) is 1. The number of benzene rings is 1. The van der Waals surface area contributed by atoms with Crippen molar-refractivity contribution in [1.29, 1.82) is 0 Å². The number of aromatic amines is 1. The van der Waals surface area contributed by atoms with Gasteiger partial charge in [-0.3, -0.25) is 0 Å². The summed E-state index contributed by atoms with van der Waals surface area (Å²) in [7, 11) is 1.64.